The van der Waals surface area contributed by atoms with Gasteiger partial charge in [0.2, 0.25) is 0 Å². The van der Waals surface area contributed by atoms with Gasteiger partial charge in [0.25, 0.3) is 5.91 Å². The summed E-state index contributed by atoms with van der Waals surface area (Å²) in [5.74, 6) is 1.20. The Morgan fingerprint density at radius 3 is 2.89 bits per heavy atom. The van der Waals surface area contributed by atoms with E-state index < -0.39 is 0 Å². The first-order valence-corrected chi connectivity index (χ1v) is 9.45. The van der Waals surface area contributed by atoms with Gasteiger partial charge in [0.05, 0.1) is 12.3 Å². The third kappa shape index (κ3) is 4.72. The van der Waals surface area contributed by atoms with Crippen molar-refractivity contribution in [3.63, 3.8) is 0 Å². The molecule has 3 aromatic heterocycles. The highest BCUT2D eigenvalue weighted by Crippen LogP contribution is 2.25. The van der Waals surface area contributed by atoms with Gasteiger partial charge < -0.3 is 14.6 Å². The van der Waals surface area contributed by atoms with Gasteiger partial charge in [-0.05, 0) is 12.5 Å². The molecule has 3 heterocycles. The van der Waals surface area contributed by atoms with Crippen LogP contribution in [0, 0.1) is 0 Å². The fourth-order valence-corrected chi connectivity index (χ4v) is 3.51. The maximum atomic E-state index is 12.6. The maximum absolute atomic E-state index is 12.6. The second-order valence-corrected chi connectivity index (χ2v) is 6.66. The van der Waals surface area contributed by atoms with E-state index in [1.165, 1.54) is 11.3 Å². The van der Waals surface area contributed by atoms with Crippen molar-refractivity contribution >= 4 is 17.2 Å². The van der Waals surface area contributed by atoms with Gasteiger partial charge in [0.15, 0.2) is 10.8 Å². The molecule has 0 spiro atoms. The molecule has 0 aliphatic rings. The monoisotopic (exact) mass is 387 g/mol. The second-order valence-electron chi connectivity index (χ2n) is 5.66. The van der Waals surface area contributed by atoms with Crippen LogP contribution < -0.4 is 5.32 Å². The molecule has 27 heavy (non-hydrogen) atoms. The summed E-state index contributed by atoms with van der Waals surface area (Å²) >= 11 is 1.31. The van der Waals surface area contributed by atoms with Gasteiger partial charge in [-0.2, -0.15) is 0 Å². The number of amides is 1. The normalized spacial score (nSPS) is 10.9. The zero-order valence-corrected chi connectivity index (χ0v) is 16.1. The standard InChI is InChI=1S/C17H21N7O2S/c1-3-12-14(27-17(22-12)15-18-6-4-7-19-15)16(25)20-8-5-13-23-21-11-24(13)9-10-26-2/h4,6-7,11H,3,5,8-10H2,1-2H3,(H,20,25). The molecule has 3 aromatic rings. The van der Waals surface area contributed by atoms with E-state index in [0.29, 0.717) is 48.2 Å². The minimum atomic E-state index is -0.144. The molecule has 0 fully saturated rings. The van der Waals surface area contributed by atoms with Gasteiger partial charge in [-0.3, -0.25) is 4.79 Å². The van der Waals surface area contributed by atoms with Crippen molar-refractivity contribution in [2.45, 2.75) is 26.3 Å². The first-order chi connectivity index (χ1) is 13.2. The first kappa shape index (κ1) is 19.1. The molecule has 0 saturated heterocycles. The number of methoxy groups -OCH3 is 1. The van der Waals surface area contributed by atoms with E-state index in [1.807, 2.05) is 11.5 Å². The fraction of sp³-hybridized carbons (Fsp3) is 0.412. The van der Waals surface area contributed by atoms with Crippen LogP contribution >= 0.6 is 11.3 Å². The summed E-state index contributed by atoms with van der Waals surface area (Å²) in [5.41, 5.74) is 0.753. The Labute approximate surface area is 160 Å². The SMILES string of the molecule is CCc1nc(-c2ncccn2)sc1C(=O)NCCc1nncn1CCOC. The molecular weight excluding hydrogens is 366 g/mol. The van der Waals surface area contributed by atoms with Crippen LogP contribution in [-0.4, -0.2) is 55.9 Å². The van der Waals surface area contributed by atoms with Gasteiger partial charge in [-0.25, -0.2) is 15.0 Å². The maximum Gasteiger partial charge on any atom is 0.263 e. The van der Waals surface area contributed by atoms with E-state index in [9.17, 15) is 4.79 Å². The molecule has 0 saturated carbocycles. The molecule has 0 bridgehead atoms. The van der Waals surface area contributed by atoms with E-state index in [-0.39, 0.29) is 5.91 Å². The van der Waals surface area contributed by atoms with E-state index >= 15 is 0 Å². The highest BCUT2D eigenvalue weighted by atomic mass is 32.1. The Morgan fingerprint density at radius 2 is 2.15 bits per heavy atom. The van der Waals surface area contributed by atoms with Crippen LogP contribution in [0.5, 0.6) is 0 Å². The summed E-state index contributed by atoms with van der Waals surface area (Å²) in [5, 5.41) is 11.6. The number of aryl methyl sites for hydroxylation is 1. The molecule has 0 aliphatic heterocycles. The minimum Gasteiger partial charge on any atom is -0.383 e. The van der Waals surface area contributed by atoms with Gasteiger partial charge in [-0.1, -0.05) is 6.92 Å². The van der Waals surface area contributed by atoms with E-state index in [0.717, 1.165) is 11.5 Å². The van der Waals surface area contributed by atoms with Crippen molar-refractivity contribution in [3.05, 3.63) is 41.2 Å². The summed E-state index contributed by atoms with van der Waals surface area (Å²) in [6, 6.07) is 1.75. The number of nitrogens with zero attached hydrogens (tertiary/aromatic N) is 6. The number of hydrogen-bond donors (Lipinski definition) is 1. The summed E-state index contributed by atoms with van der Waals surface area (Å²) in [7, 11) is 1.65. The molecular formula is C17H21N7O2S. The Kier molecular flexibility index (Phi) is 6.55. The van der Waals surface area contributed by atoms with Crippen molar-refractivity contribution in [3.8, 4) is 10.8 Å². The van der Waals surface area contributed by atoms with E-state index in [4.69, 9.17) is 4.74 Å². The van der Waals surface area contributed by atoms with Crippen molar-refractivity contribution in [1.29, 1.82) is 0 Å². The van der Waals surface area contributed by atoms with Crippen LogP contribution in [0.3, 0.4) is 0 Å². The fourth-order valence-electron chi connectivity index (χ4n) is 2.49. The number of carbonyl (C=O) groups is 1. The quantitative estimate of drug-likeness (QED) is 0.591. The number of carbonyl (C=O) groups excluding carboxylic acids is 1. The van der Waals surface area contributed by atoms with Crippen LogP contribution in [0.15, 0.2) is 24.8 Å². The van der Waals surface area contributed by atoms with Gasteiger partial charge >= 0.3 is 0 Å². The molecule has 1 amide bonds. The second kappa shape index (κ2) is 9.28. The average molecular weight is 387 g/mol. The lowest BCUT2D eigenvalue weighted by Gasteiger charge is -2.07. The van der Waals surface area contributed by atoms with E-state index in [1.54, 1.807) is 31.9 Å². The van der Waals surface area contributed by atoms with Crippen molar-refractivity contribution < 1.29 is 9.53 Å². The molecule has 0 unspecified atom stereocenters. The molecule has 1 N–H and O–H groups in total. The predicted octanol–water partition coefficient (Wildman–Crippen LogP) is 1.37. The van der Waals surface area contributed by atoms with Crippen molar-refractivity contribution in [1.82, 2.24) is 35.0 Å². The molecule has 0 aliphatic carbocycles. The topological polar surface area (TPSA) is 108 Å². The van der Waals surface area contributed by atoms with Crippen molar-refractivity contribution in [2.75, 3.05) is 20.3 Å². The first-order valence-electron chi connectivity index (χ1n) is 8.63. The zero-order valence-electron chi connectivity index (χ0n) is 15.3. The van der Waals surface area contributed by atoms with Crippen molar-refractivity contribution in [2.24, 2.45) is 0 Å². The number of nitrogens with one attached hydrogen (secondary N) is 1. The number of rotatable bonds is 9. The van der Waals surface area contributed by atoms with Crippen LogP contribution in [-0.2, 0) is 24.1 Å². The van der Waals surface area contributed by atoms with Gasteiger partial charge in [0, 0.05) is 39.0 Å². The Bertz CT molecular complexity index is 879. The number of thiazole rings is 1. The molecule has 3 rings (SSSR count). The summed E-state index contributed by atoms with van der Waals surface area (Å²) in [6.45, 7) is 3.70. The third-order valence-electron chi connectivity index (χ3n) is 3.86. The highest BCUT2D eigenvalue weighted by molar-refractivity contribution is 7.17. The highest BCUT2D eigenvalue weighted by Gasteiger charge is 2.19. The summed E-state index contributed by atoms with van der Waals surface area (Å²) in [6.07, 6.45) is 6.24. The Balaban J connectivity index is 1.63. The Morgan fingerprint density at radius 1 is 1.33 bits per heavy atom. The average Bonchev–Trinajstić information content (AvgIpc) is 3.33. The lowest BCUT2D eigenvalue weighted by molar-refractivity contribution is 0.0956. The van der Waals surface area contributed by atoms with Crippen LogP contribution in [0.1, 0.15) is 28.1 Å². The predicted molar refractivity (Wildman–Crippen MR) is 100 cm³/mol. The summed E-state index contributed by atoms with van der Waals surface area (Å²) in [4.78, 5) is 26.1. The van der Waals surface area contributed by atoms with Crippen LogP contribution in [0.4, 0.5) is 0 Å². The lowest BCUT2D eigenvalue weighted by Crippen LogP contribution is -2.26. The largest absolute Gasteiger partial charge is 0.383 e. The molecule has 0 radical (unpaired) electrons. The number of ether oxygens (including phenoxy) is 1. The summed E-state index contributed by atoms with van der Waals surface area (Å²) < 4.78 is 6.99. The zero-order chi connectivity index (χ0) is 19.1. The number of hydrogen-bond acceptors (Lipinski definition) is 8. The molecule has 10 heteroatoms. The molecule has 142 valence electrons. The van der Waals surface area contributed by atoms with Gasteiger partial charge in [0.1, 0.15) is 17.0 Å². The minimum absolute atomic E-state index is 0.144. The smallest absolute Gasteiger partial charge is 0.263 e. The lowest BCUT2D eigenvalue weighted by atomic mass is 10.3. The van der Waals surface area contributed by atoms with Gasteiger partial charge in [-0.15, -0.1) is 21.5 Å². The molecule has 0 aromatic carbocycles. The Hall–Kier alpha value is -2.72. The third-order valence-corrected chi connectivity index (χ3v) is 4.95. The van der Waals surface area contributed by atoms with E-state index in [2.05, 4.69) is 30.5 Å². The number of aromatic nitrogens is 6. The van der Waals surface area contributed by atoms with Crippen LogP contribution in [0.25, 0.3) is 10.8 Å². The molecule has 9 nitrogen and oxygen atoms in total. The molecule has 0 atom stereocenters. The van der Waals surface area contributed by atoms with Crippen LogP contribution in [0.2, 0.25) is 0 Å².